The van der Waals surface area contributed by atoms with Gasteiger partial charge in [0.15, 0.2) is 10.9 Å². The van der Waals surface area contributed by atoms with Crippen molar-refractivity contribution >= 4 is 34.1 Å². The summed E-state index contributed by atoms with van der Waals surface area (Å²) in [4.78, 5) is 19.1. The van der Waals surface area contributed by atoms with Crippen molar-refractivity contribution in [3.63, 3.8) is 0 Å². The van der Waals surface area contributed by atoms with Crippen molar-refractivity contribution < 1.29 is 9.21 Å². The van der Waals surface area contributed by atoms with E-state index in [4.69, 9.17) is 10.3 Å². The van der Waals surface area contributed by atoms with Gasteiger partial charge < -0.3 is 10.3 Å². The average Bonchev–Trinajstić information content (AvgIpc) is 3.52. The first kappa shape index (κ1) is 19.9. The SMILES string of the molecule is C=CCN(C(=O)CSc1nnc(-c2ccco2)n1N)c1nc(-c2ccccc2)cs1. The van der Waals surface area contributed by atoms with Crippen LogP contribution in [0.3, 0.4) is 0 Å². The minimum atomic E-state index is -0.128. The predicted octanol–water partition coefficient (Wildman–Crippen LogP) is 3.69. The van der Waals surface area contributed by atoms with Crippen molar-refractivity contribution in [1.82, 2.24) is 19.9 Å². The number of benzene rings is 1. The molecule has 0 atom stereocenters. The van der Waals surface area contributed by atoms with Crippen LogP contribution in [0.4, 0.5) is 5.13 Å². The van der Waals surface area contributed by atoms with Gasteiger partial charge in [0.2, 0.25) is 16.9 Å². The molecule has 4 rings (SSSR count). The summed E-state index contributed by atoms with van der Waals surface area (Å²) in [7, 11) is 0. The first-order valence-electron chi connectivity index (χ1n) is 8.96. The van der Waals surface area contributed by atoms with Gasteiger partial charge in [0.05, 0.1) is 17.7 Å². The van der Waals surface area contributed by atoms with Crippen LogP contribution in [0.5, 0.6) is 0 Å². The average molecular weight is 439 g/mol. The number of carbonyl (C=O) groups excluding carboxylic acids is 1. The molecule has 3 aromatic heterocycles. The van der Waals surface area contributed by atoms with Crippen LogP contribution in [0.1, 0.15) is 0 Å². The zero-order chi connectivity index (χ0) is 20.9. The third kappa shape index (κ3) is 4.14. The van der Waals surface area contributed by atoms with Gasteiger partial charge in [-0.15, -0.1) is 28.1 Å². The van der Waals surface area contributed by atoms with Gasteiger partial charge in [-0.2, -0.15) is 0 Å². The lowest BCUT2D eigenvalue weighted by molar-refractivity contribution is -0.116. The maximum Gasteiger partial charge on any atom is 0.239 e. The normalized spacial score (nSPS) is 10.8. The van der Waals surface area contributed by atoms with Crippen molar-refractivity contribution in [2.45, 2.75) is 5.16 Å². The highest BCUT2D eigenvalue weighted by molar-refractivity contribution is 7.99. The molecule has 30 heavy (non-hydrogen) atoms. The Labute approximate surface area is 181 Å². The molecule has 0 spiro atoms. The van der Waals surface area contributed by atoms with E-state index < -0.39 is 0 Å². The van der Waals surface area contributed by atoms with Gasteiger partial charge in [0, 0.05) is 17.5 Å². The third-order valence-corrected chi connectivity index (χ3v) is 5.93. The number of hydrogen-bond donors (Lipinski definition) is 1. The second-order valence-electron chi connectivity index (χ2n) is 6.12. The van der Waals surface area contributed by atoms with Crippen molar-refractivity contribution in [2.75, 3.05) is 23.0 Å². The fraction of sp³-hybridized carbons (Fsp3) is 0.100. The molecule has 0 aliphatic rings. The molecule has 0 saturated carbocycles. The van der Waals surface area contributed by atoms with Crippen molar-refractivity contribution in [3.8, 4) is 22.8 Å². The van der Waals surface area contributed by atoms with E-state index in [0.29, 0.717) is 28.4 Å². The van der Waals surface area contributed by atoms with Crippen molar-refractivity contribution in [3.05, 3.63) is 66.8 Å². The highest BCUT2D eigenvalue weighted by atomic mass is 32.2. The molecular formula is C20H18N6O2S2. The van der Waals surface area contributed by atoms with Gasteiger partial charge in [-0.3, -0.25) is 9.69 Å². The molecule has 0 radical (unpaired) electrons. The van der Waals surface area contributed by atoms with Crippen LogP contribution in [0.2, 0.25) is 0 Å². The molecule has 152 valence electrons. The van der Waals surface area contributed by atoms with Gasteiger partial charge >= 0.3 is 0 Å². The number of amides is 1. The lowest BCUT2D eigenvalue weighted by Crippen LogP contribution is -2.32. The number of hydrogen-bond acceptors (Lipinski definition) is 8. The minimum absolute atomic E-state index is 0.127. The molecule has 1 amide bonds. The highest BCUT2D eigenvalue weighted by Gasteiger charge is 2.21. The summed E-state index contributed by atoms with van der Waals surface area (Å²) in [6.07, 6.45) is 3.21. The number of nitrogens with zero attached hydrogens (tertiary/aromatic N) is 5. The van der Waals surface area contributed by atoms with Gasteiger partial charge in [-0.25, -0.2) is 9.66 Å². The van der Waals surface area contributed by atoms with Crippen LogP contribution in [-0.2, 0) is 4.79 Å². The summed E-state index contributed by atoms with van der Waals surface area (Å²) in [6, 6.07) is 13.3. The second kappa shape index (κ2) is 8.97. The maximum absolute atomic E-state index is 12.9. The highest BCUT2D eigenvalue weighted by Crippen LogP contribution is 2.28. The number of thioether (sulfide) groups is 1. The van der Waals surface area contributed by atoms with E-state index >= 15 is 0 Å². The molecule has 10 heteroatoms. The van der Waals surface area contributed by atoms with Crippen molar-refractivity contribution in [1.29, 1.82) is 0 Å². The number of carbonyl (C=O) groups is 1. The van der Waals surface area contributed by atoms with Gasteiger partial charge in [-0.1, -0.05) is 48.2 Å². The van der Waals surface area contributed by atoms with Crippen LogP contribution >= 0.6 is 23.1 Å². The maximum atomic E-state index is 12.9. The number of furan rings is 1. The van der Waals surface area contributed by atoms with E-state index in [1.165, 1.54) is 34.0 Å². The molecule has 1 aromatic carbocycles. The Bertz CT molecular complexity index is 1140. The number of aromatic nitrogens is 4. The van der Waals surface area contributed by atoms with Gasteiger partial charge in [-0.05, 0) is 12.1 Å². The summed E-state index contributed by atoms with van der Waals surface area (Å²) >= 11 is 2.61. The topological polar surface area (TPSA) is 103 Å². The summed E-state index contributed by atoms with van der Waals surface area (Å²) in [6.45, 7) is 4.11. The van der Waals surface area contributed by atoms with Crippen LogP contribution in [-0.4, -0.2) is 38.1 Å². The first-order valence-corrected chi connectivity index (χ1v) is 10.8. The van der Waals surface area contributed by atoms with Gasteiger partial charge in [0.25, 0.3) is 0 Å². The molecule has 8 nitrogen and oxygen atoms in total. The third-order valence-electron chi connectivity index (χ3n) is 4.14. The lowest BCUT2D eigenvalue weighted by atomic mass is 10.2. The fourth-order valence-electron chi connectivity index (χ4n) is 2.70. The Morgan fingerprint density at radius 3 is 2.83 bits per heavy atom. The summed E-state index contributed by atoms with van der Waals surface area (Å²) in [5.41, 5.74) is 1.83. The Morgan fingerprint density at radius 2 is 2.10 bits per heavy atom. The Kier molecular flexibility index (Phi) is 5.96. The monoisotopic (exact) mass is 438 g/mol. The number of anilines is 1. The molecule has 4 aromatic rings. The van der Waals surface area contributed by atoms with E-state index in [2.05, 4.69) is 21.8 Å². The molecule has 0 fully saturated rings. The Hall–Kier alpha value is -3.37. The number of nitrogen functional groups attached to an aromatic ring is 1. The van der Waals surface area contributed by atoms with E-state index in [-0.39, 0.29) is 11.7 Å². The summed E-state index contributed by atoms with van der Waals surface area (Å²) < 4.78 is 6.61. The number of nitrogens with two attached hydrogens (primary N) is 1. The van der Waals surface area contributed by atoms with Crippen molar-refractivity contribution in [2.24, 2.45) is 0 Å². The molecule has 0 bridgehead atoms. The molecule has 0 aliphatic carbocycles. The quantitative estimate of drug-likeness (QED) is 0.254. The first-order chi connectivity index (χ1) is 14.7. The van der Waals surface area contributed by atoms with E-state index in [1.807, 2.05) is 35.7 Å². The zero-order valence-electron chi connectivity index (χ0n) is 15.8. The lowest BCUT2D eigenvalue weighted by Gasteiger charge is -2.17. The van der Waals surface area contributed by atoms with Crippen LogP contribution in [0.15, 0.2) is 76.3 Å². The van der Waals surface area contributed by atoms with E-state index in [0.717, 1.165) is 11.3 Å². The summed E-state index contributed by atoms with van der Waals surface area (Å²) in [5, 5.41) is 11.1. The molecule has 0 unspecified atom stereocenters. The Morgan fingerprint density at radius 1 is 1.27 bits per heavy atom. The number of thiazole rings is 1. The van der Waals surface area contributed by atoms with E-state index in [1.54, 1.807) is 23.1 Å². The van der Waals surface area contributed by atoms with Crippen LogP contribution in [0.25, 0.3) is 22.8 Å². The summed E-state index contributed by atoms with van der Waals surface area (Å²) in [5.74, 6) is 6.95. The largest absolute Gasteiger partial charge is 0.461 e. The molecule has 3 heterocycles. The standard InChI is InChI=1S/C20H18N6O2S2/c1-2-10-25(19-22-15(12-29-19)14-7-4-3-5-8-14)17(27)13-30-20-24-23-18(26(20)21)16-9-6-11-28-16/h2-9,11-12H,1,10,13,21H2. The molecule has 2 N–H and O–H groups in total. The van der Waals surface area contributed by atoms with Crippen LogP contribution in [0, 0.1) is 0 Å². The fourth-order valence-corrected chi connectivity index (χ4v) is 4.29. The second-order valence-corrected chi connectivity index (χ2v) is 7.90. The molecular weight excluding hydrogens is 420 g/mol. The minimum Gasteiger partial charge on any atom is -0.461 e. The van der Waals surface area contributed by atoms with E-state index in [9.17, 15) is 4.79 Å². The predicted molar refractivity (Wildman–Crippen MR) is 119 cm³/mol. The zero-order valence-corrected chi connectivity index (χ0v) is 17.5. The van der Waals surface area contributed by atoms with Crippen LogP contribution < -0.4 is 10.7 Å². The van der Waals surface area contributed by atoms with Gasteiger partial charge in [0.1, 0.15) is 0 Å². The molecule has 0 aliphatic heterocycles. The molecule has 0 saturated heterocycles. The number of rotatable bonds is 8. The smallest absolute Gasteiger partial charge is 0.239 e. The Balaban J connectivity index is 1.47.